The fraction of sp³-hybridized carbons (Fsp3) is 0.500. The number of carbonyl (C=O) groups is 1. The summed E-state index contributed by atoms with van der Waals surface area (Å²) in [6, 6.07) is 7.54. The molecule has 0 aliphatic carbocycles. The Balaban J connectivity index is 1.93. The molecule has 0 saturated carbocycles. The normalized spacial score (nSPS) is 18.6. The smallest absolute Gasteiger partial charge is 0.224 e. The maximum Gasteiger partial charge on any atom is 0.224 e. The van der Waals surface area contributed by atoms with Crippen molar-refractivity contribution >= 4 is 11.6 Å². The highest BCUT2D eigenvalue weighted by atomic mass is 16.5. The van der Waals surface area contributed by atoms with Crippen LogP contribution < -0.4 is 15.4 Å². The Morgan fingerprint density at radius 2 is 2.33 bits per heavy atom. The van der Waals surface area contributed by atoms with Gasteiger partial charge in [-0.05, 0) is 44.5 Å². The van der Waals surface area contributed by atoms with E-state index in [0.29, 0.717) is 18.9 Å². The predicted molar refractivity (Wildman–Crippen MR) is 71.8 cm³/mol. The van der Waals surface area contributed by atoms with Gasteiger partial charge in [-0.1, -0.05) is 12.1 Å². The highest BCUT2D eigenvalue weighted by Gasteiger charge is 2.18. The quantitative estimate of drug-likeness (QED) is 0.838. The zero-order valence-corrected chi connectivity index (χ0v) is 10.7. The van der Waals surface area contributed by atoms with Crippen molar-refractivity contribution in [3.05, 3.63) is 24.3 Å². The van der Waals surface area contributed by atoms with E-state index < -0.39 is 0 Å². The zero-order valence-electron chi connectivity index (χ0n) is 10.7. The highest BCUT2D eigenvalue weighted by molar-refractivity contribution is 5.92. The van der Waals surface area contributed by atoms with E-state index >= 15 is 0 Å². The van der Waals surface area contributed by atoms with Crippen LogP contribution in [-0.4, -0.2) is 25.6 Å². The van der Waals surface area contributed by atoms with E-state index in [4.69, 9.17) is 4.74 Å². The second-order valence-electron chi connectivity index (χ2n) is 4.54. The summed E-state index contributed by atoms with van der Waals surface area (Å²) in [6.45, 7) is 4.50. The minimum atomic E-state index is 0.0656. The monoisotopic (exact) mass is 248 g/mol. The van der Waals surface area contributed by atoms with Gasteiger partial charge in [0.15, 0.2) is 0 Å². The Labute approximate surface area is 108 Å². The molecule has 2 N–H and O–H groups in total. The number of hydrogen-bond donors (Lipinski definition) is 2. The Morgan fingerprint density at radius 3 is 3.06 bits per heavy atom. The Bertz CT molecular complexity index is 401. The van der Waals surface area contributed by atoms with Crippen molar-refractivity contribution in [2.24, 2.45) is 5.92 Å². The van der Waals surface area contributed by atoms with Crippen LogP contribution >= 0.6 is 0 Å². The van der Waals surface area contributed by atoms with E-state index in [-0.39, 0.29) is 5.91 Å². The molecule has 1 heterocycles. The lowest BCUT2D eigenvalue weighted by molar-refractivity contribution is -0.117. The van der Waals surface area contributed by atoms with Gasteiger partial charge < -0.3 is 15.4 Å². The van der Waals surface area contributed by atoms with Gasteiger partial charge in [0.1, 0.15) is 5.75 Å². The van der Waals surface area contributed by atoms with Crippen molar-refractivity contribution in [3.63, 3.8) is 0 Å². The van der Waals surface area contributed by atoms with Crippen LogP contribution in [0.25, 0.3) is 0 Å². The van der Waals surface area contributed by atoms with Crippen LogP contribution in [0.5, 0.6) is 5.75 Å². The van der Waals surface area contributed by atoms with Crippen molar-refractivity contribution in [2.45, 2.75) is 19.8 Å². The molecule has 98 valence electrons. The topological polar surface area (TPSA) is 50.4 Å². The lowest BCUT2D eigenvalue weighted by Crippen LogP contribution is -2.18. The van der Waals surface area contributed by atoms with Crippen LogP contribution in [0.1, 0.15) is 19.8 Å². The van der Waals surface area contributed by atoms with Crippen molar-refractivity contribution in [2.75, 3.05) is 25.0 Å². The molecule has 0 spiro atoms. The number of anilines is 1. The number of nitrogens with one attached hydrogen (secondary N) is 2. The summed E-state index contributed by atoms with van der Waals surface area (Å²) in [7, 11) is 0. The van der Waals surface area contributed by atoms with Crippen LogP contribution in [0.2, 0.25) is 0 Å². The molecule has 2 rings (SSSR count). The molecular formula is C14H20N2O2. The minimum Gasteiger partial charge on any atom is -0.492 e. The van der Waals surface area contributed by atoms with Gasteiger partial charge in [0.05, 0.1) is 12.3 Å². The van der Waals surface area contributed by atoms with Gasteiger partial charge in [-0.3, -0.25) is 4.79 Å². The van der Waals surface area contributed by atoms with Crippen LogP contribution in [0, 0.1) is 5.92 Å². The third-order valence-corrected chi connectivity index (χ3v) is 3.10. The molecule has 1 aromatic carbocycles. The van der Waals surface area contributed by atoms with Gasteiger partial charge >= 0.3 is 0 Å². The van der Waals surface area contributed by atoms with E-state index in [9.17, 15) is 4.79 Å². The molecule has 1 aliphatic rings. The molecule has 4 heteroatoms. The molecule has 1 aromatic rings. The lowest BCUT2D eigenvalue weighted by atomic mass is 10.0. The molecule has 0 bridgehead atoms. The van der Waals surface area contributed by atoms with Gasteiger partial charge in [0.2, 0.25) is 5.91 Å². The first-order valence-corrected chi connectivity index (χ1v) is 6.52. The number of benzene rings is 1. The maximum absolute atomic E-state index is 11.9. The van der Waals surface area contributed by atoms with E-state index in [0.717, 1.165) is 30.9 Å². The van der Waals surface area contributed by atoms with Crippen molar-refractivity contribution in [1.82, 2.24) is 5.32 Å². The van der Waals surface area contributed by atoms with E-state index in [2.05, 4.69) is 10.6 Å². The number of rotatable bonds is 5. The Hall–Kier alpha value is -1.55. The third-order valence-electron chi connectivity index (χ3n) is 3.10. The number of para-hydroxylation sites is 2. The summed E-state index contributed by atoms with van der Waals surface area (Å²) in [5, 5.41) is 6.20. The molecule has 1 aliphatic heterocycles. The van der Waals surface area contributed by atoms with E-state index in [1.165, 1.54) is 0 Å². The fourth-order valence-corrected chi connectivity index (χ4v) is 2.20. The van der Waals surface area contributed by atoms with Crippen LogP contribution in [-0.2, 0) is 4.79 Å². The number of carbonyl (C=O) groups excluding carboxylic acids is 1. The molecule has 1 unspecified atom stereocenters. The second kappa shape index (κ2) is 6.40. The van der Waals surface area contributed by atoms with Gasteiger partial charge in [0, 0.05) is 6.42 Å². The van der Waals surface area contributed by atoms with Crippen molar-refractivity contribution in [1.29, 1.82) is 0 Å². The van der Waals surface area contributed by atoms with Gasteiger partial charge in [-0.15, -0.1) is 0 Å². The van der Waals surface area contributed by atoms with E-state index in [1.807, 2.05) is 31.2 Å². The average molecular weight is 248 g/mol. The number of hydrogen-bond acceptors (Lipinski definition) is 3. The largest absolute Gasteiger partial charge is 0.492 e. The lowest BCUT2D eigenvalue weighted by Gasteiger charge is -2.12. The fourth-order valence-electron chi connectivity index (χ4n) is 2.20. The summed E-state index contributed by atoms with van der Waals surface area (Å²) in [4.78, 5) is 11.9. The summed E-state index contributed by atoms with van der Waals surface area (Å²) in [5.41, 5.74) is 0.760. The molecular weight excluding hydrogens is 228 g/mol. The molecule has 1 atom stereocenters. The minimum absolute atomic E-state index is 0.0656. The SMILES string of the molecule is CCOc1ccccc1NC(=O)CC1CCNC1. The zero-order chi connectivity index (χ0) is 12.8. The standard InChI is InChI=1S/C14H20N2O2/c1-2-18-13-6-4-3-5-12(13)16-14(17)9-11-7-8-15-10-11/h3-6,11,15H,2,7-10H2,1H3,(H,16,17). The molecule has 1 amide bonds. The summed E-state index contributed by atoms with van der Waals surface area (Å²) < 4.78 is 5.48. The molecule has 1 fully saturated rings. The number of amides is 1. The molecule has 1 saturated heterocycles. The van der Waals surface area contributed by atoms with Gasteiger partial charge in [-0.2, -0.15) is 0 Å². The average Bonchev–Trinajstić information content (AvgIpc) is 2.84. The first kappa shape index (κ1) is 12.9. The van der Waals surface area contributed by atoms with Crippen molar-refractivity contribution in [3.8, 4) is 5.75 Å². The molecule has 18 heavy (non-hydrogen) atoms. The summed E-state index contributed by atoms with van der Waals surface area (Å²) in [5.74, 6) is 1.26. The highest BCUT2D eigenvalue weighted by Crippen LogP contribution is 2.24. The second-order valence-corrected chi connectivity index (χ2v) is 4.54. The van der Waals surface area contributed by atoms with E-state index in [1.54, 1.807) is 0 Å². The van der Waals surface area contributed by atoms with Crippen LogP contribution in [0.3, 0.4) is 0 Å². The Kier molecular flexibility index (Phi) is 4.59. The molecule has 0 aromatic heterocycles. The maximum atomic E-state index is 11.9. The van der Waals surface area contributed by atoms with Crippen LogP contribution in [0.15, 0.2) is 24.3 Å². The first-order valence-electron chi connectivity index (χ1n) is 6.52. The van der Waals surface area contributed by atoms with Gasteiger partial charge in [-0.25, -0.2) is 0 Å². The van der Waals surface area contributed by atoms with Crippen molar-refractivity contribution < 1.29 is 9.53 Å². The molecule has 4 nitrogen and oxygen atoms in total. The first-order chi connectivity index (χ1) is 8.79. The Morgan fingerprint density at radius 1 is 1.50 bits per heavy atom. The predicted octanol–water partition coefficient (Wildman–Crippen LogP) is 2.02. The molecule has 0 radical (unpaired) electrons. The third kappa shape index (κ3) is 3.47. The summed E-state index contributed by atoms with van der Waals surface area (Å²) >= 11 is 0. The summed E-state index contributed by atoms with van der Waals surface area (Å²) in [6.07, 6.45) is 1.66. The van der Waals surface area contributed by atoms with Crippen LogP contribution in [0.4, 0.5) is 5.69 Å². The van der Waals surface area contributed by atoms with Gasteiger partial charge in [0.25, 0.3) is 0 Å². The number of ether oxygens (including phenoxy) is 1.